The lowest BCUT2D eigenvalue weighted by Crippen LogP contribution is -2.46. The molecule has 1 saturated carbocycles. The van der Waals surface area contributed by atoms with Crippen LogP contribution in [0.1, 0.15) is 38.2 Å². The maximum atomic E-state index is 11.9. The molecule has 7 heteroatoms. The van der Waals surface area contributed by atoms with Crippen molar-refractivity contribution in [3.8, 4) is 5.88 Å². The molecule has 1 heterocycles. The molecule has 1 aromatic rings. The summed E-state index contributed by atoms with van der Waals surface area (Å²) in [5.41, 5.74) is 5.81. The van der Waals surface area contributed by atoms with Gasteiger partial charge in [0.15, 0.2) is 0 Å². The lowest BCUT2D eigenvalue weighted by atomic mass is 10.2. The van der Waals surface area contributed by atoms with Crippen LogP contribution in [0.25, 0.3) is 0 Å². The van der Waals surface area contributed by atoms with Gasteiger partial charge in [-0.15, -0.1) is 0 Å². The molecule has 1 atom stereocenters. The number of pyridine rings is 1. The van der Waals surface area contributed by atoms with Crippen LogP contribution in [0.4, 0.5) is 4.79 Å². The number of ether oxygens (including phenoxy) is 1. The van der Waals surface area contributed by atoms with E-state index in [-0.39, 0.29) is 12.0 Å². The zero-order valence-corrected chi connectivity index (χ0v) is 12.7. The van der Waals surface area contributed by atoms with E-state index in [0.29, 0.717) is 12.4 Å². The summed E-state index contributed by atoms with van der Waals surface area (Å²) in [6.07, 6.45) is 6.33. The van der Waals surface area contributed by atoms with Gasteiger partial charge in [0.25, 0.3) is 0 Å². The smallest absolute Gasteiger partial charge is 0.312 e. The second kappa shape index (κ2) is 7.63. The lowest BCUT2D eigenvalue weighted by molar-refractivity contribution is -0.122. The summed E-state index contributed by atoms with van der Waals surface area (Å²) in [5.74, 6) is 0.250. The summed E-state index contributed by atoms with van der Waals surface area (Å²) in [7, 11) is 0. The Kier molecular flexibility index (Phi) is 5.57. The van der Waals surface area contributed by atoms with Crippen LogP contribution in [0.2, 0.25) is 0 Å². The molecule has 3 amide bonds. The second-order valence-corrected chi connectivity index (χ2v) is 5.44. The minimum atomic E-state index is -0.728. The highest BCUT2D eigenvalue weighted by Gasteiger charge is 2.19. The fourth-order valence-corrected chi connectivity index (χ4v) is 2.44. The predicted octanol–water partition coefficient (Wildman–Crippen LogP) is 1.08. The molecule has 1 aliphatic rings. The monoisotopic (exact) mass is 306 g/mol. The molecule has 2 rings (SSSR count). The number of hydrogen-bond acceptors (Lipinski definition) is 4. The fourth-order valence-electron chi connectivity index (χ4n) is 2.44. The minimum absolute atomic E-state index is 0.208. The molecule has 22 heavy (non-hydrogen) atoms. The molecule has 0 aromatic carbocycles. The third-order valence-electron chi connectivity index (χ3n) is 3.64. The van der Waals surface area contributed by atoms with Crippen molar-refractivity contribution in [2.24, 2.45) is 5.73 Å². The third kappa shape index (κ3) is 4.61. The van der Waals surface area contributed by atoms with Crippen LogP contribution in [-0.4, -0.2) is 29.1 Å². The van der Waals surface area contributed by atoms with Crippen LogP contribution in [0, 0.1) is 0 Å². The molecule has 1 aromatic heterocycles. The van der Waals surface area contributed by atoms with Gasteiger partial charge in [-0.3, -0.25) is 4.79 Å². The number of carbonyl (C=O) groups is 2. The van der Waals surface area contributed by atoms with E-state index in [2.05, 4.69) is 15.6 Å². The number of aromatic nitrogens is 1. The van der Waals surface area contributed by atoms with Crippen molar-refractivity contribution in [2.45, 2.75) is 51.3 Å². The Morgan fingerprint density at radius 1 is 1.45 bits per heavy atom. The summed E-state index contributed by atoms with van der Waals surface area (Å²) >= 11 is 0. The highest BCUT2D eigenvalue weighted by atomic mass is 16.5. The average molecular weight is 306 g/mol. The average Bonchev–Trinajstić information content (AvgIpc) is 2.98. The van der Waals surface area contributed by atoms with E-state index in [0.717, 1.165) is 18.4 Å². The first-order valence-electron chi connectivity index (χ1n) is 7.50. The number of nitrogens with two attached hydrogens (primary N) is 1. The summed E-state index contributed by atoms with van der Waals surface area (Å²) in [4.78, 5) is 26.9. The highest BCUT2D eigenvalue weighted by molar-refractivity contribution is 5.86. The zero-order valence-electron chi connectivity index (χ0n) is 12.7. The zero-order chi connectivity index (χ0) is 15.9. The second-order valence-electron chi connectivity index (χ2n) is 5.44. The predicted molar refractivity (Wildman–Crippen MR) is 81.1 cm³/mol. The number of hydrogen-bond donors (Lipinski definition) is 3. The van der Waals surface area contributed by atoms with Crippen molar-refractivity contribution in [1.82, 2.24) is 15.6 Å². The maximum Gasteiger partial charge on any atom is 0.312 e. The first-order valence-corrected chi connectivity index (χ1v) is 7.50. The van der Waals surface area contributed by atoms with Crippen LogP contribution in [-0.2, 0) is 11.3 Å². The molecular weight excluding hydrogens is 284 g/mol. The van der Waals surface area contributed by atoms with Crippen LogP contribution >= 0.6 is 0 Å². The molecule has 0 radical (unpaired) electrons. The van der Waals surface area contributed by atoms with Gasteiger partial charge in [-0.25, -0.2) is 9.78 Å². The largest absolute Gasteiger partial charge is 0.474 e. The number of carbonyl (C=O) groups excluding carboxylic acids is 2. The summed E-state index contributed by atoms with van der Waals surface area (Å²) in [5, 5.41) is 5.07. The van der Waals surface area contributed by atoms with E-state index >= 15 is 0 Å². The summed E-state index contributed by atoms with van der Waals surface area (Å²) in [6.45, 7) is 1.86. The molecule has 1 fully saturated rings. The molecule has 4 N–H and O–H groups in total. The van der Waals surface area contributed by atoms with Gasteiger partial charge in [-0.2, -0.15) is 0 Å². The van der Waals surface area contributed by atoms with Gasteiger partial charge in [0.05, 0.1) is 0 Å². The van der Waals surface area contributed by atoms with E-state index in [9.17, 15) is 9.59 Å². The Morgan fingerprint density at radius 3 is 2.86 bits per heavy atom. The number of urea groups is 1. The quantitative estimate of drug-likeness (QED) is 0.731. The van der Waals surface area contributed by atoms with Crippen LogP contribution in [0.3, 0.4) is 0 Å². The SMILES string of the molecule is C[C@H](NC(N)=O)C(=O)NCc1cccnc1OC1CCCC1. The van der Waals surface area contributed by atoms with Gasteiger partial charge in [-0.05, 0) is 38.7 Å². The van der Waals surface area contributed by atoms with Gasteiger partial charge in [0.1, 0.15) is 12.1 Å². The van der Waals surface area contributed by atoms with E-state index in [1.165, 1.54) is 12.8 Å². The number of rotatable bonds is 6. The minimum Gasteiger partial charge on any atom is -0.474 e. The van der Waals surface area contributed by atoms with Gasteiger partial charge >= 0.3 is 6.03 Å². The Balaban J connectivity index is 1.91. The Hall–Kier alpha value is -2.31. The van der Waals surface area contributed by atoms with E-state index < -0.39 is 12.1 Å². The van der Waals surface area contributed by atoms with Crippen molar-refractivity contribution in [1.29, 1.82) is 0 Å². The molecule has 1 aliphatic carbocycles. The molecule has 0 saturated heterocycles. The molecule has 0 aliphatic heterocycles. The molecule has 7 nitrogen and oxygen atoms in total. The van der Waals surface area contributed by atoms with E-state index in [4.69, 9.17) is 10.5 Å². The third-order valence-corrected chi connectivity index (χ3v) is 3.64. The first kappa shape index (κ1) is 16.1. The van der Waals surface area contributed by atoms with E-state index in [1.54, 1.807) is 19.2 Å². The number of nitrogens with zero attached hydrogens (tertiary/aromatic N) is 1. The maximum absolute atomic E-state index is 11.9. The number of amides is 3. The summed E-state index contributed by atoms with van der Waals surface area (Å²) < 4.78 is 5.91. The topological polar surface area (TPSA) is 106 Å². The van der Waals surface area contributed by atoms with Crippen molar-refractivity contribution in [2.75, 3.05) is 0 Å². The van der Waals surface area contributed by atoms with Crippen LogP contribution in [0.5, 0.6) is 5.88 Å². The van der Waals surface area contributed by atoms with Crippen LogP contribution < -0.4 is 21.1 Å². The summed E-state index contributed by atoms with van der Waals surface area (Å²) in [6, 6.07) is 2.25. The molecule has 0 spiro atoms. The van der Waals surface area contributed by atoms with Crippen molar-refractivity contribution >= 4 is 11.9 Å². The van der Waals surface area contributed by atoms with Gasteiger partial charge in [0.2, 0.25) is 11.8 Å². The Morgan fingerprint density at radius 2 is 2.18 bits per heavy atom. The first-order chi connectivity index (χ1) is 10.6. The lowest BCUT2D eigenvalue weighted by Gasteiger charge is -2.16. The molecule has 0 unspecified atom stereocenters. The molecule has 0 bridgehead atoms. The van der Waals surface area contributed by atoms with Crippen molar-refractivity contribution in [3.05, 3.63) is 23.9 Å². The van der Waals surface area contributed by atoms with E-state index in [1.807, 2.05) is 6.07 Å². The van der Waals surface area contributed by atoms with Crippen molar-refractivity contribution < 1.29 is 14.3 Å². The van der Waals surface area contributed by atoms with Gasteiger partial charge in [-0.1, -0.05) is 6.07 Å². The molecular formula is C15H22N4O3. The number of primary amides is 1. The standard InChI is InChI=1S/C15H22N4O3/c1-10(19-15(16)21)13(20)18-9-11-5-4-8-17-14(11)22-12-6-2-3-7-12/h4-5,8,10,12H,2-3,6-7,9H2,1H3,(H,18,20)(H3,16,19,21)/t10-/m0/s1. The van der Waals surface area contributed by atoms with Crippen molar-refractivity contribution in [3.63, 3.8) is 0 Å². The highest BCUT2D eigenvalue weighted by Crippen LogP contribution is 2.24. The fraction of sp³-hybridized carbons (Fsp3) is 0.533. The number of nitrogens with one attached hydrogen (secondary N) is 2. The Labute approximate surface area is 129 Å². The Bertz CT molecular complexity index is 529. The van der Waals surface area contributed by atoms with Crippen LogP contribution in [0.15, 0.2) is 18.3 Å². The molecule has 120 valence electrons. The van der Waals surface area contributed by atoms with Gasteiger partial charge in [0, 0.05) is 18.3 Å². The van der Waals surface area contributed by atoms with Gasteiger partial charge < -0.3 is 21.1 Å². The normalized spacial score (nSPS) is 16.0.